The Hall–Kier alpha value is -1.39. The number of rotatable bonds is 5. The molecule has 1 aliphatic rings. The number of ether oxygens (including phenoxy) is 1. The van der Waals surface area contributed by atoms with Crippen LogP contribution in [0, 0.1) is 12.8 Å². The summed E-state index contributed by atoms with van der Waals surface area (Å²) in [5.74, 6) is 0.0207. The van der Waals surface area contributed by atoms with Crippen molar-refractivity contribution in [2.24, 2.45) is 5.92 Å². The van der Waals surface area contributed by atoms with Crippen LogP contribution in [0.3, 0.4) is 0 Å². The molecule has 1 heterocycles. The summed E-state index contributed by atoms with van der Waals surface area (Å²) in [5.41, 5.74) is 2.56. The predicted molar refractivity (Wildman–Crippen MR) is 75.0 cm³/mol. The molecule has 1 aromatic rings. The van der Waals surface area contributed by atoms with Crippen molar-refractivity contribution in [3.05, 3.63) is 35.4 Å². The molecule has 0 bridgehead atoms. The zero-order chi connectivity index (χ0) is 13.7. The monoisotopic (exact) mass is 262 g/mol. The minimum Gasteiger partial charge on any atom is -0.379 e. The van der Waals surface area contributed by atoms with Gasteiger partial charge in [0.1, 0.15) is 0 Å². The second kappa shape index (κ2) is 6.68. The van der Waals surface area contributed by atoms with E-state index < -0.39 is 0 Å². The number of aryl methyl sites for hydroxylation is 1. The molecular formula is C15H22N2O2. The first kappa shape index (κ1) is 14.0. The molecule has 2 atom stereocenters. The van der Waals surface area contributed by atoms with Gasteiger partial charge in [0.25, 0.3) is 0 Å². The molecule has 4 heteroatoms. The molecule has 19 heavy (non-hydrogen) atoms. The van der Waals surface area contributed by atoms with Crippen LogP contribution in [-0.2, 0) is 16.0 Å². The van der Waals surface area contributed by atoms with Gasteiger partial charge >= 0.3 is 0 Å². The highest BCUT2D eigenvalue weighted by Crippen LogP contribution is 2.13. The van der Waals surface area contributed by atoms with E-state index in [1.807, 2.05) is 19.2 Å². The van der Waals surface area contributed by atoms with Gasteiger partial charge in [0.2, 0.25) is 5.91 Å². The zero-order valence-corrected chi connectivity index (χ0v) is 11.6. The highest BCUT2D eigenvalue weighted by Gasteiger charge is 2.32. The van der Waals surface area contributed by atoms with E-state index in [4.69, 9.17) is 4.74 Å². The predicted octanol–water partition coefficient (Wildman–Crippen LogP) is 0.888. The smallest absolute Gasteiger partial charge is 0.227 e. The Labute approximate surface area is 114 Å². The van der Waals surface area contributed by atoms with E-state index in [1.54, 1.807) is 0 Å². The maximum atomic E-state index is 12.1. The number of hydrogen-bond acceptors (Lipinski definition) is 3. The van der Waals surface area contributed by atoms with Crippen molar-refractivity contribution in [1.82, 2.24) is 10.6 Å². The van der Waals surface area contributed by atoms with E-state index in [0.29, 0.717) is 19.8 Å². The molecule has 0 radical (unpaired) electrons. The van der Waals surface area contributed by atoms with Gasteiger partial charge in [0.15, 0.2) is 0 Å². The van der Waals surface area contributed by atoms with Gasteiger partial charge in [-0.25, -0.2) is 0 Å². The average Bonchev–Trinajstić information content (AvgIpc) is 2.89. The Balaban J connectivity index is 1.80. The quantitative estimate of drug-likeness (QED) is 0.828. The number of carbonyl (C=O) groups is 1. The molecule has 0 spiro atoms. The summed E-state index contributed by atoms with van der Waals surface area (Å²) in [6.45, 7) is 3.91. The van der Waals surface area contributed by atoms with Crippen molar-refractivity contribution in [3.63, 3.8) is 0 Å². The largest absolute Gasteiger partial charge is 0.379 e. The van der Waals surface area contributed by atoms with Crippen LogP contribution in [0.4, 0.5) is 0 Å². The lowest BCUT2D eigenvalue weighted by Gasteiger charge is -2.16. The van der Waals surface area contributed by atoms with Crippen LogP contribution in [0.2, 0.25) is 0 Å². The molecule has 0 aliphatic carbocycles. The van der Waals surface area contributed by atoms with Gasteiger partial charge in [-0.3, -0.25) is 4.79 Å². The fourth-order valence-electron chi connectivity index (χ4n) is 2.44. The van der Waals surface area contributed by atoms with Gasteiger partial charge in [-0.15, -0.1) is 0 Å². The molecule has 0 aromatic heterocycles. The summed E-state index contributed by atoms with van der Waals surface area (Å²) in [5, 5.41) is 6.13. The topological polar surface area (TPSA) is 50.4 Å². The lowest BCUT2D eigenvalue weighted by Crippen LogP contribution is -2.43. The maximum absolute atomic E-state index is 12.1. The van der Waals surface area contributed by atoms with Crippen LogP contribution < -0.4 is 10.6 Å². The van der Waals surface area contributed by atoms with Crippen LogP contribution in [0.1, 0.15) is 11.1 Å². The normalized spacial score (nSPS) is 22.4. The van der Waals surface area contributed by atoms with Crippen LogP contribution in [0.5, 0.6) is 0 Å². The Bertz CT molecular complexity index is 434. The van der Waals surface area contributed by atoms with Gasteiger partial charge < -0.3 is 15.4 Å². The number of amides is 1. The second-order valence-electron chi connectivity index (χ2n) is 5.01. The van der Waals surface area contributed by atoms with Crippen LogP contribution in [0.15, 0.2) is 24.3 Å². The van der Waals surface area contributed by atoms with Gasteiger partial charge in [0.05, 0.1) is 19.1 Å². The first-order valence-electron chi connectivity index (χ1n) is 6.79. The van der Waals surface area contributed by atoms with E-state index in [9.17, 15) is 4.79 Å². The summed E-state index contributed by atoms with van der Waals surface area (Å²) in [4.78, 5) is 12.1. The van der Waals surface area contributed by atoms with Gasteiger partial charge in [-0.2, -0.15) is 0 Å². The first-order chi connectivity index (χ1) is 9.22. The molecule has 0 saturated carbocycles. The highest BCUT2D eigenvalue weighted by atomic mass is 16.5. The molecule has 104 valence electrons. The zero-order valence-electron chi connectivity index (χ0n) is 11.6. The second-order valence-corrected chi connectivity index (χ2v) is 5.01. The van der Waals surface area contributed by atoms with E-state index in [1.165, 1.54) is 11.1 Å². The summed E-state index contributed by atoms with van der Waals surface area (Å²) in [6, 6.07) is 8.41. The summed E-state index contributed by atoms with van der Waals surface area (Å²) in [7, 11) is 1.87. The average molecular weight is 262 g/mol. The lowest BCUT2D eigenvalue weighted by atomic mass is 10.0. The Morgan fingerprint density at radius 3 is 2.89 bits per heavy atom. The summed E-state index contributed by atoms with van der Waals surface area (Å²) < 4.78 is 5.34. The van der Waals surface area contributed by atoms with Crippen LogP contribution in [0.25, 0.3) is 0 Å². The van der Waals surface area contributed by atoms with Crippen LogP contribution >= 0.6 is 0 Å². The molecule has 1 aliphatic heterocycles. The molecule has 1 aromatic carbocycles. The lowest BCUT2D eigenvalue weighted by molar-refractivity contribution is -0.125. The third-order valence-corrected chi connectivity index (χ3v) is 3.74. The van der Waals surface area contributed by atoms with E-state index in [-0.39, 0.29) is 17.9 Å². The Morgan fingerprint density at radius 2 is 2.16 bits per heavy atom. The van der Waals surface area contributed by atoms with Crippen molar-refractivity contribution in [2.75, 3.05) is 26.8 Å². The SMILES string of the molecule is CNC1COCC1C(=O)NCCc1ccccc1C. The third-order valence-electron chi connectivity index (χ3n) is 3.74. The molecule has 1 saturated heterocycles. The first-order valence-corrected chi connectivity index (χ1v) is 6.79. The maximum Gasteiger partial charge on any atom is 0.227 e. The molecular weight excluding hydrogens is 240 g/mol. The Morgan fingerprint density at radius 1 is 1.37 bits per heavy atom. The number of nitrogens with one attached hydrogen (secondary N) is 2. The highest BCUT2D eigenvalue weighted by molar-refractivity contribution is 5.79. The van der Waals surface area contributed by atoms with Gasteiger partial charge in [-0.05, 0) is 31.5 Å². The number of hydrogen-bond donors (Lipinski definition) is 2. The van der Waals surface area contributed by atoms with Crippen molar-refractivity contribution in [3.8, 4) is 0 Å². The van der Waals surface area contributed by atoms with Gasteiger partial charge in [0, 0.05) is 12.6 Å². The number of likely N-dealkylation sites (N-methyl/N-ethyl adjacent to an activating group) is 1. The van der Waals surface area contributed by atoms with Crippen molar-refractivity contribution < 1.29 is 9.53 Å². The molecule has 2 N–H and O–H groups in total. The summed E-state index contributed by atoms with van der Waals surface area (Å²) in [6.07, 6.45) is 0.871. The Kier molecular flexibility index (Phi) is 4.93. The van der Waals surface area contributed by atoms with Crippen molar-refractivity contribution in [2.45, 2.75) is 19.4 Å². The van der Waals surface area contributed by atoms with Crippen LogP contribution in [-0.4, -0.2) is 38.8 Å². The van der Waals surface area contributed by atoms with E-state index in [2.05, 4.69) is 29.7 Å². The molecule has 1 fully saturated rings. The minimum absolute atomic E-state index is 0.0677. The molecule has 2 rings (SSSR count). The number of benzene rings is 1. The fraction of sp³-hybridized carbons (Fsp3) is 0.533. The van der Waals surface area contributed by atoms with Gasteiger partial charge in [-0.1, -0.05) is 24.3 Å². The minimum atomic E-state index is -0.0677. The standard InChI is InChI=1S/C15H22N2O2/c1-11-5-3-4-6-12(11)7-8-17-15(18)13-9-19-10-14(13)16-2/h3-6,13-14,16H,7-10H2,1-2H3,(H,17,18). The molecule has 1 amide bonds. The van der Waals surface area contributed by atoms with Crippen molar-refractivity contribution >= 4 is 5.91 Å². The third kappa shape index (κ3) is 3.55. The van der Waals surface area contributed by atoms with Crippen molar-refractivity contribution in [1.29, 1.82) is 0 Å². The van der Waals surface area contributed by atoms with E-state index in [0.717, 1.165) is 6.42 Å². The number of carbonyl (C=O) groups excluding carboxylic acids is 1. The molecule has 2 unspecified atom stereocenters. The molecule has 4 nitrogen and oxygen atoms in total. The van der Waals surface area contributed by atoms with E-state index >= 15 is 0 Å². The fourth-order valence-corrected chi connectivity index (χ4v) is 2.44. The summed E-state index contributed by atoms with van der Waals surface area (Å²) >= 11 is 0.